The number of hydrogen-bond donors (Lipinski definition) is 2. The van der Waals surface area contributed by atoms with E-state index in [-0.39, 0.29) is 17.9 Å². The maximum absolute atomic E-state index is 12.8. The van der Waals surface area contributed by atoms with E-state index < -0.39 is 5.60 Å². The van der Waals surface area contributed by atoms with Gasteiger partial charge in [0.2, 0.25) is 0 Å². The summed E-state index contributed by atoms with van der Waals surface area (Å²) >= 11 is 0. The van der Waals surface area contributed by atoms with E-state index in [2.05, 4.69) is 4.98 Å². The van der Waals surface area contributed by atoms with Gasteiger partial charge >= 0.3 is 0 Å². The summed E-state index contributed by atoms with van der Waals surface area (Å²) in [6, 6.07) is 13.0. The molecule has 4 rings (SSSR count). The average Bonchev–Trinajstić information content (AvgIpc) is 3.52. The van der Waals surface area contributed by atoms with Gasteiger partial charge in [0.05, 0.1) is 0 Å². The minimum Gasteiger partial charge on any atom is -0.380 e. The fraction of sp³-hybridized carbons (Fsp3) is 0.409. The highest BCUT2D eigenvalue weighted by Gasteiger charge is 2.50. The first-order chi connectivity index (χ1) is 14.0. The van der Waals surface area contributed by atoms with Crippen molar-refractivity contribution in [3.8, 4) is 0 Å². The highest BCUT2D eigenvalue weighted by molar-refractivity contribution is 5.94. The Morgan fingerprint density at radius 3 is 2.28 bits per heavy atom. The first-order valence-electron chi connectivity index (χ1n) is 10.0. The van der Waals surface area contributed by atoms with Gasteiger partial charge in [-0.05, 0) is 42.7 Å². The Balaban J connectivity index is 1.33. The first kappa shape index (κ1) is 19.5. The number of carbonyl (C=O) groups is 2. The molecule has 1 aliphatic heterocycles. The molecular weight excluding hydrogens is 368 g/mol. The number of aliphatic hydroxyl groups is 1. The molecule has 1 unspecified atom stereocenters. The lowest BCUT2D eigenvalue weighted by atomic mass is 10.0. The van der Waals surface area contributed by atoms with Crippen LogP contribution in [0, 0.1) is 0 Å². The first-order valence-corrected chi connectivity index (χ1v) is 10.0. The zero-order valence-corrected chi connectivity index (χ0v) is 16.3. The molecule has 3 N–H and O–H groups in total. The third kappa shape index (κ3) is 4.31. The zero-order valence-electron chi connectivity index (χ0n) is 16.3. The number of amides is 2. The van der Waals surface area contributed by atoms with Crippen LogP contribution >= 0.6 is 0 Å². The molecule has 2 heterocycles. The molecule has 2 aromatic rings. The van der Waals surface area contributed by atoms with E-state index in [0.717, 1.165) is 11.3 Å². The maximum atomic E-state index is 12.8. The van der Waals surface area contributed by atoms with Gasteiger partial charge in [0.15, 0.2) is 0 Å². The van der Waals surface area contributed by atoms with E-state index in [9.17, 15) is 14.7 Å². The number of benzene rings is 1. The maximum Gasteiger partial charge on any atom is 0.254 e. The molecule has 152 valence electrons. The van der Waals surface area contributed by atoms with Crippen molar-refractivity contribution in [2.75, 3.05) is 26.2 Å². The summed E-state index contributed by atoms with van der Waals surface area (Å²) in [7, 11) is 0. The Morgan fingerprint density at radius 2 is 1.69 bits per heavy atom. The standard InChI is InChI=1S/C22H26N4O3/c23-19(15-18-3-1-2-10-24-18)16-4-6-17(7-5-16)20(27)25-11-13-26(14-12-25)21(28)22(29)8-9-22/h1-7,10,19,29H,8-9,11-15,23H2. The Kier molecular flexibility index (Phi) is 5.34. The summed E-state index contributed by atoms with van der Waals surface area (Å²) in [5.41, 5.74) is 7.65. The van der Waals surface area contributed by atoms with Crippen molar-refractivity contribution in [3.63, 3.8) is 0 Å². The summed E-state index contributed by atoms with van der Waals surface area (Å²) < 4.78 is 0. The van der Waals surface area contributed by atoms with Crippen molar-refractivity contribution < 1.29 is 14.7 Å². The van der Waals surface area contributed by atoms with Crippen LogP contribution in [-0.2, 0) is 11.2 Å². The Hall–Kier alpha value is -2.77. The second-order valence-electron chi connectivity index (χ2n) is 7.87. The molecule has 0 radical (unpaired) electrons. The van der Waals surface area contributed by atoms with Gasteiger partial charge in [-0.25, -0.2) is 0 Å². The number of pyridine rings is 1. The highest BCUT2D eigenvalue weighted by Crippen LogP contribution is 2.37. The summed E-state index contributed by atoms with van der Waals surface area (Å²) in [6.45, 7) is 1.86. The van der Waals surface area contributed by atoms with E-state index in [1.165, 1.54) is 0 Å². The molecule has 1 aromatic heterocycles. The largest absolute Gasteiger partial charge is 0.380 e. The number of piperazine rings is 1. The Morgan fingerprint density at radius 1 is 1.03 bits per heavy atom. The number of aromatic nitrogens is 1. The molecule has 1 aliphatic carbocycles. The van der Waals surface area contributed by atoms with Gasteiger partial charge in [0, 0.05) is 56.1 Å². The minimum atomic E-state index is -1.14. The van der Waals surface area contributed by atoms with Crippen molar-refractivity contribution in [1.29, 1.82) is 0 Å². The van der Waals surface area contributed by atoms with Crippen molar-refractivity contribution in [2.45, 2.75) is 30.9 Å². The molecular formula is C22H26N4O3. The monoisotopic (exact) mass is 394 g/mol. The number of nitrogens with two attached hydrogens (primary N) is 1. The highest BCUT2D eigenvalue weighted by atomic mass is 16.3. The lowest BCUT2D eigenvalue weighted by molar-refractivity contribution is -0.143. The van der Waals surface area contributed by atoms with Crippen LogP contribution in [0.3, 0.4) is 0 Å². The van der Waals surface area contributed by atoms with Crippen LogP contribution in [0.4, 0.5) is 0 Å². The van der Waals surface area contributed by atoms with Crippen LogP contribution in [0.1, 0.15) is 40.5 Å². The molecule has 1 aromatic carbocycles. The van der Waals surface area contributed by atoms with Crippen LogP contribution in [-0.4, -0.2) is 63.5 Å². The third-order valence-corrected chi connectivity index (χ3v) is 5.72. The molecule has 2 aliphatic rings. The number of nitrogens with zero attached hydrogens (tertiary/aromatic N) is 3. The van der Waals surface area contributed by atoms with Crippen LogP contribution in [0.2, 0.25) is 0 Å². The van der Waals surface area contributed by atoms with Crippen molar-refractivity contribution in [2.24, 2.45) is 5.73 Å². The van der Waals surface area contributed by atoms with E-state index in [4.69, 9.17) is 5.73 Å². The molecule has 7 heteroatoms. The molecule has 1 saturated heterocycles. The summed E-state index contributed by atoms with van der Waals surface area (Å²) in [5.74, 6) is -0.247. The lowest BCUT2D eigenvalue weighted by Crippen LogP contribution is -2.53. The number of rotatable bonds is 5. The summed E-state index contributed by atoms with van der Waals surface area (Å²) in [4.78, 5) is 32.7. The Labute approximate surface area is 170 Å². The van der Waals surface area contributed by atoms with Gasteiger partial charge in [-0.15, -0.1) is 0 Å². The topological polar surface area (TPSA) is 99.8 Å². The molecule has 0 bridgehead atoms. The molecule has 2 fully saturated rings. The van der Waals surface area contributed by atoms with E-state index >= 15 is 0 Å². The van der Waals surface area contributed by atoms with E-state index in [1.807, 2.05) is 30.3 Å². The number of hydrogen-bond acceptors (Lipinski definition) is 5. The van der Waals surface area contributed by atoms with Gasteiger partial charge in [0.1, 0.15) is 5.60 Å². The quantitative estimate of drug-likeness (QED) is 0.792. The van der Waals surface area contributed by atoms with Gasteiger partial charge in [-0.3, -0.25) is 14.6 Å². The van der Waals surface area contributed by atoms with E-state index in [1.54, 1.807) is 28.1 Å². The van der Waals surface area contributed by atoms with Gasteiger partial charge in [0.25, 0.3) is 11.8 Å². The summed E-state index contributed by atoms with van der Waals surface area (Å²) in [6.07, 6.45) is 3.47. The van der Waals surface area contributed by atoms with Crippen LogP contribution < -0.4 is 5.73 Å². The number of carbonyl (C=O) groups excluding carboxylic acids is 2. The lowest BCUT2D eigenvalue weighted by Gasteiger charge is -2.35. The molecule has 0 spiro atoms. The van der Waals surface area contributed by atoms with Crippen LogP contribution in [0.25, 0.3) is 0 Å². The van der Waals surface area contributed by atoms with Gasteiger partial charge in [-0.2, -0.15) is 0 Å². The fourth-order valence-corrected chi connectivity index (χ4v) is 3.66. The smallest absolute Gasteiger partial charge is 0.254 e. The van der Waals surface area contributed by atoms with Gasteiger partial charge in [-0.1, -0.05) is 18.2 Å². The SMILES string of the molecule is NC(Cc1ccccn1)c1ccc(C(=O)N2CCN(C(=O)C3(O)CC3)CC2)cc1. The average molecular weight is 394 g/mol. The van der Waals surface area contributed by atoms with Crippen molar-refractivity contribution >= 4 is 11.8 Å². The van der Waals surface area contributed by atoms with Crippen molar-refractivity contribution in [1.82, 2.24) is 14.8 Å². The fourth-order valence-electron chi connectivity index (χ4n) is 3.66. The normalized spacial score (nSPS) is 19.0. The van der Waals surface area contributed by atoms with Gasteiger partial charge < -0.3 is 20.6 Å². The Bertz CT molecular complexity index is 873. The second kappa shape index (κ2) is 7.93. The van der Waals surface area contributed by atoms with Crippen LogP contribution in [0.15, 0.2) is 48.7 Å². The summed E-state index contributed by atoms with van der Waals surface area (Å²) in [5, 5.41) is 9.98. The zero-order chi connectivity index (χ0) is 20.4. The minimum absolute atomic E-state index is 0.0490. The molecule has 7 nitrogen and oxygen atoms in total. The predicted molar refractivity (Wildman–Crippen MR) is 108 cm³/mol. The molecule has 1 atom stereocenters. The molecule has 29 heavy (non-hydrogen) atoms. The van der Waals surface area contributed by atoms with Crippen molar-refractivity contribution in [3.05, 3.63) is 65.5 Å². The second-order valence-corrected chi connectivity index (χ2v) is 7.87. The predicted octanol–water partition coefficient (Wildman–Crippen LogP) is 1.13. The molecule has 1 saturated carbocycles. The van der Waals surface area contributed by atoms with Crippen LogP contribution in [0.5, 0.6) is 0 Å². The third-order valence-electron chi connectivity index (χ3n) is 5.72. The molecule has 2 amide bonds. The van der Waals surface area contributed by atoms with E-state index in [0.29, 0.717) is 51.0 Å².